The normalized spacial score (nSPS) is 11.8. The van der Waals surface area contributed by atoms with Gasteiger partial charge in [-0.25, -0.2) is 4.79 Å². The number of alkyl halides is 3. The molecule has 2 heterocycles. The van der Waals surface area contributed by atoms with Crippen LogP contribution in [0.1, 0.15) is 12.0 Å². The van der Waals surface area contributed by atoms with Gasteiger partial charge in [0.25, 0.3) is 11.6 Å². The maximum absolute atomic E-state index is 12.5. The summed E-state index contributed by atoms with van der Waals surface area (Å²) >= 11 is 0. The zero-order valence-electron chi connectivity index (χ0n) is 15.2. The number of aryl methyl sites for hydroxylation is 1. The molecule has 156 valence electrons. The van der Waals surface area contributed by atoms with Crippen LogP contribution in [-0.2, 0) is 20.2 Å². The SMILES string of the molecule is Cn1c(=O)n(CCCO)c(=O)c2[nH]c(OCc3cccc(OC(F)(F)F)c3)nc21. The Balaban J connectivity index is 1.84. The van der Waals surface area contributed by atoms with E-state index >= 15 is 0 Å². The number of aromatic nitrogens is 4. The van der Waals surface area contributed by atoms with Gasteiger partial charge in [0.05, 0.1) is 0 Å². The molecule has 1 aromatic carbocycles. The summed E-state index contributed by atoms with van der Waals surface area (Å²) in [5.74, 6) is -0.391. The van der Waals surface area contributed by atoms with Gasteiger partial charge in [0, 0.05) is 20.2 Å². The molecular formula is C17H17F3N4O5. The first-order valence-corrected chi connectivity index (χ1v) is 8.47. The van der Waals surface area contributed by atoms with E-state index in [0.29, 0.717) is 5.56 Å². The maximum Gasteiger partial charge on any atom is 0.573 e. The maximum atomic E-state index is 12.5. The molecular weight excluding hydrogens is 397 g/mol. The highest BCUT2D eigenvalue weighted by Gasteiger charge is 2.31. The van der Waals surface area contributed by atoms with Crippen molar-refractivity contribution in [3.8, 4) is 11.8 Å². The van der Waals surface area contributed by atoms with Crippen molar-refractivity contribution < 1.29 is 27.8 Å². The topological polar surface area (TPSA) is 111 Å². The second-order valence-electron chi connectivity index (χ2n) is 6.10. The van der Waals surface area contributed by atoms with Crippen LogP contribution in [0.25, 0.3) is 11.2 Å². The summed E-state index contributed by atoms with van der Waals surface area (Å²) in [6, 6.07) is 5.15. The van der Waals surface area contributed by atoms with Crippen molar-refractivity contribution in [3.63, 3.8) is 0 Å². The molecule has 29 heavy (non-hydrogen) atoms. The minimum absolute atomic E-state index is 0.0363. The summed E-state index contributed by atoms with van der Waals surface area (Å²) in [6.45, 7) is -0.289. The number of aliphatic hydroxyl groups is 1. The predicted octanol–water partition coefficient (Wildman–Crippen LogP) is 1.28. The molecule has 0 aliphatic carbocycles. The van der Waals surface area contributed by atoms with Crippen LogP contribution < -0.4 is 20.7 Å². The molecule has 0 amide bonds. The monoisotopic (exact) mass is 414 g/mol. The summed E-state index contributed by atoms with van der Waals surface area (Å²) in [6.07, 6.45) is -4.58. The number of hydrogen-bond donors (Lipinski definition) is 2. The van der Waals surface area contributed by atoms with Crippen molar-refractivity contribution in [1.29, 1.82) is 0 Å². The summed E-state index contributed by atoms with van der Waals surface area (Å²) < 4.78 is 48.4. The molecule has 0 aliphatic heterocycles. The first kappa shape index (κ1) is 20.5. The largest absolute Gasteiger partial charge is 0.573 e. The Morgan fingerprint density at radius 1 is 1.28 bits per heavy atom. The average molecular weight is 414 g/mol. The van der Waals surface area contributed by atoms with Crippen LogP contribution in [0.4, 0.5) is 13.2 Å². The fourth-order valence-electron chi connectivity index (χ4n) is 2.71. The Hall–Kier alpha value is -3.28. The Bertz CT molecular complexity index is 1130. The number of rotatable bonds is 7. The number of aromatic amines is 1. The minimum atomic E-state index is -4.81. The van der Waals surface area contributed by atoms with Gasteiger partial charge in [0.15, 0.2) is 11.2 Å². The first-order valence-electron chi connectivity index (χ1n) is 8.47. The molecule has 0 saturated heterocycles. The van der Waals surface area contributed by atoms with E-state index in [4.69, 9.17) is 9.84 Å². The van der Waals surface area contributed by atoms with E-state index in [1.165, 1.54) is 19.2 Å². The van der Waals surface area contributed by atoms with E-state index in [2.05, 4.69) is 14.7 Å². The smallest absolute Gasteiger partial charge is 0.460 e. The molecule has 2 N–H and O–H groups in total. The fourth-order valence-corrected chi connectivity index (χ4v) is 2.71. The van der Waals surface area contributed by atoms with Crippen molar-refractivity contribution >= 4 is 11.2 Å². The van der Waals surface area contributed by atoms with E-state index in [1.807, 2.05) is 0 Å². The highest BCUT2D eigenvalue weighted by molar-refractivity contribution is 5.70. The van der Waals surface area contributed by atoms with Crippen LogP contribution in [0.5, 0.6) is 11.8 Å². The lowest BCUT2D eigenvalue weighted by atomic mass is 10.2. The van der Waals surface area contributed by atoms with E-state index in [1.54, 1.807) is 0 Å². The molecule has 0 spiro atoms. The molecule has 12 heteroatoms. The van der Waals surface area contributed by atoms with Gasteiger partial charge in [-0.2, -0.15) is 4.98 Å². The van der Waals surface area contributed by atoms with E-state index in [0.717, 1.165) is 21.3 Å². The number of fused-ring (bicyclic) bond motifs is 1. The predicted molar refractivity (Wildman–Crippen MR) is 94.8 cm³/mol. The number of imidazole rings is 1. The van der Waals surface area contributed by atoms with E-state index in [-0.39, 0.29) is 43.4 Å². The van der Waals surface area contributed by atoms with Gasteiger partial charge in [-0.1, -0.05) is 12.1 Å². The molecule has 0 radical (unpaired) electrons. The van der Waals surface area contributed by atoms with Gasteiger partial charge in [-0.15, -0.1) is 13.2 Å². The summed E-state index contributed by atoms with van der Waals surface area (Å²) in [5, 5.41) is 8.92. The molecule has 0 aliphatic rings. The lowest BCUT2D eigenvalue weighted by Crippen LogP contribution is -2.39. The number of nitrogens with zero attached hydrogens (tertiary/aromatic N) is 3. The van der Waals surface area contributed by atoms with Crippen LogP contribution >= 0.6 is 0 Å². The summed E-state index contributed by atoms with van der Waals surface area (Å²) in [5.41, 5.74) is -0.717. The third kappa shape index (κ3) is 4.59. The van der Waals surface area contributed by atoms with Gasteiger partial charge in [0.2, 0.25) is 0 Å². The number of hydrogen-bond acceptors (Lipinski definition) is 6. The number of H-pyrrole nitrogens is 1. The minimum Gasteiger partial charge on any atom is -0.460 e. The Morgan fingerprint density at radius 3 is 2.72 bits per heavy atom. The van der Waals surface area contributed by atoms with Crippen molar-refractivity contribution in [1.82, 2.24) is 19.1 Å². The molecule has 2 aromatic heterocycles. The highest BCUT2D eigenvalue weighted by Crippen LogP contribution is 2.23. The van der Waals surface area contributed by atoms with Crippen molar-refractivity contribution in [3.05, 3.63) is 50.7 Å². The van der Waals surface area contributed by atoms with Crippen molar-refractivity contribution in [2.45, 2.75) is 25.9 Å². The third-order valence-electron chi connectivity index (χ3n) is 4.00. The number of aliphatic hydroxyl groups excluding tert-OH is 1. The third-order valence-corrected chi connectivity index (χ3v) is 4.00. The molecule has 0 atom stereocenters. The zero-order chi connectivity index (χ0) is 21.2. The quantitative estimate of drug-likeness (QED) is 0.603. The Kier molecular flexibility index (Phi) is 5.64. The Morgan fingerprint density at radius 2 is 2.03 bits per heavy atom. The second-order valence-corrected chi connectivity index (χ2v) is 6.10. The molecule has 0 unspecified atom stereocenters. The van der Waals surface area contributed by atoms with Gasteiger partial charge >= 0.3 is 12.1 Å². The van der Waals surface area contributed by atoms with Crippen molar-refractivity contribution in [2.24, 2.45) is 7.05 Å². The number of halogens is 3. The van der Waals surface area contributed by atoms with Gasteiger partial charge in [-0.3, -0.25) is 13.9 Å². The van der Waals surface area contributed by atoms with Crippen LogP contribution in [0.15, 0.2) is 33.9 Å². The second kappa shape index (κ2) is 7.99. The summed E-state index contributed by atoms with van der Waals surface area (Å²) in [7, 11) is 1.43. The number of nitrogens with one attached hydrogen (secondary N) is 1. The van der Waals surface area contributed by atoms with Crippen LogP contribution in [0, 0.1) is 0 Å². The first-order chi connectivity index (χ1) is 13.7. The number of benzene rings is 1. The average Bonchev–Trinajstić information content (AvgIpc) is 3.08. The standard InChI is InChI=1S/C17H17F3N4O5/c1-23-13-12(14(26)24(16(23)27)6-3-7-25)21-15(22-13)28-9-10-4-2-5-11(8-10)29-17(18,19)20/h2,4-5,8,25H,3,6-7,9H2,1H3,(H,21,22). The molecule has 0 bridgehead atoms. The van der Waals surface area contributed by atoms with E-state index in [9.17, 15) is 22.8 Å². The molecule has 3 aromatic rings. The molecule has 9 nitrogen and oxygen atoms in total. The van der Waals surface area contributed by atoms with Gasteiger partial charge in [0.1, 0.15) is 12.4 Å². The van der Waals surface area contributed by atoms with Gasteiger partial charge < -0.3 is 19.6 Å². The highest BCUT2D eigenvalue weighted by atomic mass is 19.4. The Labute approximate surface area is 160 Å². The lowest BCUT2D eigenvalue weighted by molar-refractivity contribution is -0.274. The van der Waals surface area contributed by atoms with Gasteiger partial charge in [-0.05, 0) is 24.1 Å². The molecule has 0 fully saturated rings. The molecule has 0 saturated carbocycles. The van der Waals surface area contributed by atoms with E-state index < -0.39 is 23.4 Å². The zero-order valence-corrected chi connectivity index (χ0v) is 15.2. The van der Waals surface area contributed by atoms with Crippen LogP contribution in [-0.4, -0.2) is 37.2 Å². The van der Waals surface area contributed by atoms with Crippen molar-refractivity contribution in [2.75, 3.05) is 6.61 Å². The number of ether oxygens (including phenoxy) is 2. The van der Waals surface area contributed by atoms with Crippen LogP contribution in [0.3, 0.4) is 0 Å². The van der Waals surface area contributed by atoms with Crippen LogP contribution in [0.2, 0.25) is 0 Å². The fraction of sp³-hybridized carbons (Fsp3) is 0.353. The summed E-state index contributed by atoms with van der Waals surface area (Å²) in [4.78, 5) is 31.5. The lowest BCUT2D eigenvalue weighted by Gasteiger charge is -2.10. The molecule has 3 rings (SSSR count).